The molecular weight excluding hydrogens is 258 g/mol. The van der Waals surface area contributed by atoms with Gasteiger partial charge in [0, 0.05) is 32.7 Å². The van der Waals surface area contributed by atoms with Gasteiger partial charge in [0.1, 0.15) is 18.0 Å². The van der Waals surface area contributed by atoms with Gasteiger partial charge in [-0.2, -0.15) is 0 Å². The predicted octanol–water partition coefficient (Wildman–Crippen LogP) is 0.935. The molecule has 3 heterocycles. The molecule has 2 aliphatic heterocycles. The first kappa shape index (κ1) is 13.6. The van der Waals surface area contributed by atoms with Gasteiger partial charge in [-0.3, -0.25) is 4.79 Å². The van der Waals surface area contributed by atoms with Crippen LogP contribution in [-0.2, 0) is 21.3 Å². The van der Waals surface area contributed by atoms with Gasteiger partial charge >= 0.3 is 0 Å². The summed E-state index contributed by atoms with van der Waals surface area (Å²) in [5, 5.41) is 3.07. The zero-order valence-corrected chi connectivity index (χ0v) is 11.7. The molecule has 0 bridgehead atoms. The van der Waals surface area contributed by atoms with Gasteiger partial charge in [-0.1, -0.05) is 0 Å². The highest BCUT2D eigenvalue weighted by molar-refractivity contribution is 5.81. The van der Waals surface area contributed by atoms with E-state index in [-0.39, 0.29) is 24.2 Å². The number of hydrogen-bond donors (Lipinski definition) is 1. The van der Waals surface area contributed by atoms with Crippen LogP contribution in [0, 0.1) is 0 Å². The predicted molar refractivity (Wildman–Crippen MR) is 72.0 cm³/mol. The lowest BCUT2D eigenvalue weighted by atomic mass is 10.1. The Morgan fingerprint density at radius 2 is 2.25 bits per heavy atom. The molecule has 2 fully saturated rings. The fourth-order valence-corrected chi connectivity index (χ4v) is 2.87. The normalized spacial score (nSPS) is 30.4. The van der Waals surface area contributed by atoms with E-state index in [1.54, 1.807) is 6.20 Å². The minimum atomic E-state index is -0.300. The van der Waals surface area contributed by atoms with Crippen molar-refractivity contribution in [2.45, 2.75) is 43.9 Å². The molecule has 1 N–H and O–H groups in total. The average Bonchev–Trinajstić information content (AvgIpc) is 3.08. The van der Waals surface area contributed by atoms with Crippen molar-refractivity contribution >= 4 is 5.91 Å². The van der Waals surface area contributed by atoms with Gasteiger partial charge in [0.15, 0.2) is 0 Å². The number of imidazole rings is 1. The molecule has 3 atom stereocenters. The summed E-state index contributed by atoms with van der Waals surface area (Å²) in [7, 11) is 1.94. The van der Waals surface area contributed by atoms with Crippen LogP contribution in [-0.4, -0.2) is 40.8 Å². The van der Waals surface area contributed by atoms with Crippen LogP contribution >= 0.6 is 0 Å². The Kier molecular flexibility index (Phi) is 4.03. The molecule has 1 aromatic heterocycles. The molecule has 0 saturated carbocycles. The van der Waals surface area contributed by atoms with Crippen LogP contribution in [0.5, 0.6) is 0 Å². The number of nitrogens with one attached hydrogen (secondary N) is 1. The summed E-state index contributed by atoms with van der Waals surface area (Å²) in [6.07, 6.45) is 6.91. The summed E-state index contributed by atoms with van der Waals surface area (Å²) < 4.78 is 13.2. The van der Waals surface area contributed by atoms with Crippen molar-refractivity contribution in [3.05, 3.63) is 18.2 Å². The quantitative estimate of drug-likeness (QED) is 0.894. The molecular formula is C14H21N3O3. The van der Waals surface area contributed by atoms with E-state index in [0.29, 0.717) is 13.2 Å². The molecule has 3 rings (SSSR count). The van der Waals surface area contributed by atoms with Crippen LogP contribution in [0.4, 0.5) is 0 Å². The van der Waals surface area contributed by atoms with Gasteiger partial charge in [-0.25, -0.2) is 4.98 Å². The lowest BCUT2D eigenvalue weighted by Crippen LogP contribution is -2.45. The maximum atomic E-state index is 12.2. The first-order valence-corrected chi connectivity index (χ1v) is 7.26. The lowest BCUT2D eigenvalue weighted by molar-refractivity contribution is -0.136. The van der Waals surface area contributed by atoms with E-state index < -0.39 is 0 Å². The highest BCUT2D eigenvalue weighted by Crippen LogP contribution is 2.28. The van der Waals surface area contributed by atoms with Crippen molar-refractivity contribution in [2.24, 2.45) is 7.05 Å². The zero-order valence-electron chi connectivity index (χ0n) is 11.7. The summed E-state index contributed by atoms with van der Waals surface area (Å²) in [6, 6.07) is -0.0193. The van der Waals surface area contributed by atoms with Crippen molar-refractivity contribution in [3.63, 3.8) is 0 Å². The maximum Gasteiger partial charge on any atom is 0.249 e. The molecule has 1 amide bonds. The van der Waals surface area contributed by atoms with Crippen molar-refractivity contribution in [3.8, 4) is 0 Å². The maximum absolute atomic E-state index is 12.2. The minimum absolute atomic E-state index is 0.0144. The van der Waals surface area contributed by atoms with Gasteiger partial charge in [-0.05, 0) is 25.7 Å². The standard InChI is InChI=1S/C14H21N3O3/c1-17-7-6-15-13(17)12-10(5-9-20-12)16-14(18)11-4-2-3-8-19-11/h6-7,10-12H,2-5,8-9H2,1H3,(H,16,18)/t10-,11?,12-/m0/s1. The SMILES string of the molecule is Cn1ccnc1[C@H]1OCC[C@@H]1NC(=O)C1CCCCO1. The highest BCUT2D eigenvalue weighted by atomic mass is 16.5. The second kappa shape index (κ2) is 5.93. The second-order valence-electron chi connectivity index (χ2n) is 5.45. The van der Waals surface area contributed by atoms with Gasteiger partial charge < -0.3 is 19.4 Å². The summed E-state index contributed by atoms with van der Waals surface area (Å²) in [5.41, 5.74) is 0. The van der Waals surface area contributed by atoms with E-state index in [9.17, 15) is 4.79 Å². The minimum Gasteiger partial charge on any atom is -0.368 e. The smallest absolute Gasteiger partial charge is 0.249 e. The highest BCUT2D eigenvalue weighted by Gasteiger charge is 2.35. The largest absolute Gasteiger partial charge is 0.368 e. The molecule has 0 aliphatic carbocycles. The van der Waals surface area contributed by atoms with Crippen LogP contribution in [0.15, 0.2) is 12.4 Å². The monoisotopic (exact) mass is 279 g/mol. The van der Waals surface area contributed by atoms with Crippen molar-refractivity contribution in [1.29, 1.82) is 0 Å². The molecule has 0 spiro atoms. The van der Waals surface area contributed by atoms with Gasteiger partial charge in [0.2, 0.25) is 5.91 Å². The number of hydrogen-bond acceptors (Lipinski definition) is 4. The van der Waals surface area contributed by atoms with Gasteiger partial charge in [0.05, 0.1) is 6.04 Å². The number of carbonyl (C=O) groups is 1. The molecule has 6 heteroatoms. The summed E-state index contributed by atoms with van der Waals surface area (Å²) in [6.45, 7) is 1.33. The van der Waals surface area contributed by atoms with E-state index in [1.807, 2.05) is 17.8 Å². The van der Waals surface area contributed by atoms with Crippen LogP contribution in [0.2, 0.25) is 0 Å². The second-order valence-corrected chi connectivity index (χ2v) is 5.45. The number of rotatable bonds is 3. The van der Waals surface area contributed by atoms with Crippen molar-refractivity contribution in [2.75, 3.05) is 13.2 Å². The molecule has 6 nitrogen and oxygen atoms in total. The van der Waals surface area contributed by atoms with Crippen molar-refractivity contribution < 1.29 is 14.3 Å². The molecule has 0 radical (unpaired) electrons. The van der Waals surface area contributed by atoms with E-state index >= 15 is 0 Å². The van der Waals surface area contributed by atoms with Gasteiger partial charge in [0.25, 0.3) is 0 Å². The Bertz CT molecular complexity index is 468. The van der Waals surface area contributed by atoms with Crippen LogP contribution in [0.25, 0.3) is 0 Å². The molecule has 1 unspecified atom stereocenters. The number of aromatic nitrogens is 2. The van der Waals surface area contributed by atoms with Crippen molar-refractivity contribution in [1.82, 2.24) is 14.9 Å². The molecule has 0 aromatic carbocycles. The first-order chi connectivity index (χ1) is 9.75. The zero-order chi connectivity index (χ0) is 13.9. The number of amides is 1. The van der Waals surface area contributed by atoms with Crippen LogP contribution in [0.1, 0.15) is 37.6 Å². The Morgan fingerprint density at radius 3 is 2.95 bits per heavy atom. The summed E-state index contributed by atoms with van der Waals surface area (Å²) in [5.74, 6) is 0.844. The Balaban J connectivity index is 1.64. The Labute approximate surface area is 118 Å². The van der Waals surface area contributed by atoms with Crippen LogP contribution in [0.3, 0.4) is 0 Å². The van der Waals surface area contributed by atoms with E-state index in [1.165, 1.54) is 0 Å². The number of carbonyl (C=O) groups excluding carboxylic acids is 1. The fourth-order valence-electron chi connectivity index (χ4n) is 2.87. The third kappa shape index (κ3) is 2.71. The third-order valence-electron chi connectivity index (χ3n) is 4.00. The van der Waals surface area contributed by atoms with Gasteiger partial charge in [-0.15, -0.1) is 0 Å². The number of aryl methyl sites for hydroxylation is 1. The molecule has 2 aliphatic rings. The molecule has 110 valence electrons. The van der Waals surface area contributed by atoms with E-state index in [0.717, 1.165) is 31.5 Å². The first-order valence-electron chi connectivity index (χ1n) is 7.26. The molecule has 20 heavy (non-hydrogen) atoms. The number of ether oxygens (including phenoxy) is 2. The molecule has 1 aromatic rings. The number of nitrogens with zero attached hydrogens (tertiary/aromatic N) is 2. The molecule has 2 saturated heterocycles. The topological polar surface area (TPSA) is 65.4 Å². The third-order valence-corrected chi connectivity index (χ3v) is 4.00. The lowest BCUT2D eigenvalue weighted by Gasteiger charge is -2.25. The Hall–Kier alpha value is -1.40. The average molecular weight is 279 g/mol. The van der Waals surface area contributed by atoms with E-state index in [2.05, 4.69) is 10.3 Å². The van der Waals surface area contributed by atoms with E-state index in [4.69, 9.17) is 9.47 Å². The summed E-state index contributed by atoms with van der Waals surface area (Å²) in [4.78, 5) is 16.6. The van der Waals surface area contributed by atoms with Crippen LogP contribution < -0.4 is 5.32 Å². The Morgan fingerprint density at radius 1 is 1.35 bits per heavy atom. The fraction of sp³-hybridized carbons (Fsp3) is 0.714. The summed E-state index contributed by atoms with van der Waals surface area (Å²) >= 11 is 0.